The Morgan fingerprint density at radius 1 is 0.843 bits per heavy atom. The predicted octanol–water partition coefficient (Wildman–Crippen LogP) is 3.96. The average molecular weight is 718 g/mol. The van der Waals surface area contributed by atoms with E-state index in [1.807, 2.05) is 54.5 Å². The summed E-state index contributed by atoms with van der Waals surface area (Å²) < 4.78 is 48.4. The monoisotopic (exact) mass is 717 g/mol. The van der Waals surface area contributed by atoms with Crippen LogP contribution in [0.15, 0.2) is 79.7 Å². The van der Waals surface area contributed by atoms with Crippen molar-refractivity contribution in [3.8, 4) is 28.2 Å². The lowest BCUT2D eigenvalue weighted by Crippen LogP contribution is -2.44. The molecule has 5 aromatic rings. The second-order valence-corrected chi connectivity index (χ2v) is 15.9. The van der Waals surface area contributed by atoms with E-state index in [1.165, 1.54) is 25.6 Å². The molecule has 0 spiro atoms. The molecule has 1 aliphatic heterocycles. The maximum absolute atomic E-state index is 12.9. The van der Waals surface area contributed by atoms with E-state index in [1.54, 1.807) is 36.4 Å². The van der Waals surface area contributed by atoms with Crippen molar-refractivity contribution in [2.24, 2.45) is 0 Å². The maximum atomic E-state index is 12.9. The highest BCUT2D eigenvalue weighted by atomic mass is 32.2. The Balaban J connectivity index is 0.000000262. The highest BCUT2D eigenvalue weighted by Gasteiger charge is 2.52. The summed E-state index contributed by atoms with van der Waals surface area (Å²) in [6.07, 6.45) is 4.04. The van der Waals surface area contributed by atoms with Crippen molar-refractivity contribution in [3.63, 3.8) is 0 Å². The second kappa shape index (κ2) is 13.6. The van der Waals surface area contributed by atoms with Gasteiger partial charge in [0, 0.05) is 23.6 Å². The number of methoxy groups -OCH3 is 1. The topological polar surface area (TPSA) is 196 Å². The van der Waals surface area contributed by atoms with Gasteiger partial charge in [-0.15, -0.1) is 0 Å². The maximum Gasteiger partial charge on any atom is 0.500 e. The standard InChI is InChI=1S/C25H25N3O6S.C10H15BN2O3/c1-25(2,3)20-11-15(17-8-9-26-27-23(17)29)10-19(22(20)33-4)21-12-14-6-7-16(28-35(5,31)32)13-18(14)24(30)34-21;1-9(2)10(3,4)16-11(15-9)7-5-6-12-13-8(7)14/h6-13,28H,1-5H3,(H,27,29);5-6H,1-4H3,(H,13,14). The molecule has 1 saturated heterocycles. The fraction of sp³-hybridized carbons (Fsp3) is 0.343. The normalized spacial score (nSPS) is 15.3. The number of aromatic amines is 2. The molecule has 0 bridgehead atoms. The third kappa shape index (κ3) is 7.98. The molecule has 14 nitrogen and oxygen atoms in total. The summed E-state index contributed by atoms with van der Waals surface area (Å²) in [5, 5.41) is 13.0. The first-order valence-corrected chi connectivity index (χ1v) is 17.8. The van der Waals surface area contributed by atoms with Gasteiger partial charge in [0.2, 0.25) is 10.0 Å². The lowest BCUT2D eigenvalue weighted by Gasteiger charge is -2.32. The van der Waals surface area contributed by atoms with Crippen molar-refractivity contribution < 1.29 is 26.9 Å². The van der Waals surface area contributed by atoms with E-state index in [0.29, 0.717) is 33.3 Å². The summed E-state index contributed by atoms with van der Waals surface area (Å²) >= 11 is 0. The number of aromatic nitrogens is 4. The van der Waals surface area contributed by atoms with E-state index in [0.717, 1.165) is 11.8 Å². The largest absolute Gasteiger partial charge is 0.500 e. The van der Waals surface area contributed by atoms with Gasteiger partial charge in [-0.05, 0) is 86.5 Å². The highest BCUT2D eigenvalue weighted by Crippen LogP contribution is 2.42. The molecule has 3 N–H and O–H groups in total. The van der Waals surface area contributed by atoms with Crippen molar-refractivity contribution in [2.45, 2.75) is 65.1 Å². The predicted molar refractivity (Wildman–Crippen MR) is 196 cm³/mol. The molecule has 0 radical (unpaired) electrons. The number of hydrogen-bond donors (Lipinski definition) is 3. The van der Waals surface area contributed by atoms with E-state index in [9.17, 15) is 22.8 Å². The quantitative estimate of drug-likeness (QED) is 0.215. The zero-order valence-corrected chi connectivity index (χ0v) is 30.6. The van der Waals surface area contributed by atoms with E-state index in [-0.39, 0.29) is 33.4 Å². The molecular weight excluding hydrogens is 677 g/mol. The number of sulfonamides is 1. The van der Waals surface area contributed by atoms with Gasteiger partial charge in [-0.25, -0.2) is 23.4 Å². The Labute approximate surface area is 294 Å². The van der Waals surface area contributed by atoms with Crippen LogP contribution in [-0.4, -0.2) is 60.5 Å². The Morgan fingerprint density at radius 3 is 2.04 bits per heavy atom. The SMILES string of the molecule is CC1(C)OB(c2ccn[nH]c2=O)OC1(C)C.COc1c(-c2cc3ccc(NS(C)(=O)=O)cc3c(=O)o2)cc(-c2ccn[nH]c2=O)cc1C(C)(C)C. The van der Waals surface area contributed by atoms with Crippen LogP contribution < -0.4 is 31.7 Å². The number of hydrogen-bond acceptors (Lipinski definition) is 11. The minimum absolute atomic E-state index is 0.221. The van der Waals surface area contributed by atoms with Crippen molar-refractivity contribution in [3.05, 3.63) is 97.6 Å². The fourth-order valence-corrected chi connectivity index (χ4v) is 5.97. The molecule has 0 aliphatic carbocycles. The van der Waals surface area contributed by atoms with Crippen LogP contribution in [-0.2, 0) is 24.7 Å². The molecule has 51 heavy (non-hydrogen) atoms. The summed E-state index contributed by atoms with van der Waals surface area (Å²) in [7, 11) is -2.60. The van der Waals surface area contributed by atoms with Crippen molar-refractivity contribution in [1.29, 1.82) is 0 Å². The first kappa shape index (κ1) is 37.2. The fourth-order valence-electron chi connectivity index (χ4n) is 5.42. The molecule has 1 aliphatic rings. The van der Waals surface area contributed by atoms with Crippen LogP contribution in [0.2, 0.25) is 0 Å². The number of anilines is 1. The Kier molecular flexibility index (Phi) is 9.91. The summed E-state index contributed by atoms with van der Waals surface area (Å²) in [5.74, 6) is 0.769. The lowest BCUT2D eigenvalue weighted by molar-refractivity contribution is 0.00578. The number of fused-ring (bicyclic) bond motifs is 1. The summed E-state index contributed by atoms with van der Waals surface area (Å²) in [6.45, 7) is 13.8. The first-order chi connectivity index (χ1) is 23.7. The van der Waals surface area contributed by atoms with Gasteiger partial charge in [0.25, 0.3) is 11.1 Å². The second-order valence-electron chi connectivity index (χ2n) is 14.2. The number of nitrogens with zero attached hydrogens (tertiary/aromatic N) is 2. The highest BCUT2D eigenvalue weighted by molar-refractivity contribution is 7.92. The van der Waals surface area contributed by atoms with Gasteiger partial charge >= 0.3 is 12.7 Å². The number of H-pyrrole nitrogens is 2. The van der Waals surface area contributed by atoms with Gasteiger partial charge in [0.05, 0.1) is 46.5 Å². The van der Waals surface area contributed by atoms with Crippen LogP contribution in [0.1, 0.15) is 54.0 Å². The van der Waals surface area contributed by atoms with Crippen LogP contribution >= 0.6 is 0 Å². The number of rotatable bonds is 6. The van der Waals surface area contributed by atoms with Gasteiger partial charge in [0.1, 0.15) is 11.5 Å². The lowest BCUT2D eigenvalue weighted by atomic mass is 9.80. The third-order valence-corrected chi connectivity index (χ3v) is 9.34. The molecule has 0 unspecified atom stereocenters. The van der Waals surface area contributed by atoms with Crippen molar-refractivity contribution in [1.82, 2.24) is 20.4 Å². The van der Waals surface area contributed by atoms with Crippen LogP contribution in [0.25, 0.3) is 33.2 Å². The molecule has 16 heteroatoms. The van der Waals surface area contributed by atoms with Gasteiger partial charge < -0.3 is 18.5 Å². The van der Waals surface area contributed by atoms with Crippen LogP contribution in [0, 0.1) is 0 Å². The third-order valence-electron chi connectivity index (χ3n) is 8.73. The molecule has 3 aromatic heterocycles. The van der Waals surface area contributed by atoms with Gasteiger partial charge in [-0.1, -0.05) is 26.8 Å². The molecule has 0 amide bonds. The molecule has 0 saturated carbocycles. The van der Waals surface area contributed by atoms with Crippen LogP contribution in [0.5, 0.6) is 5.75 Å². The smallest absolute Gasteiger partial charge is 0.496 e. The summed E-state index contributed by atoms with van der Waals surface area (Å²) in [6, 6.07) is 13.2. The minimum Gasteiger partial charge on any atom is -0.496 e. The van der Waals surface area contributed by atoms with Gasteiger partial charge in [-0.2, -0.15) is 10.2 Å². The van der Waals surface area contributed by atoms with E-state index in [4.69, 9.17) is 18.5 Å². The summed E-state index contributed by atoms with van der Waals surface area (Å²) in [5.41, 5.74) is 0.554. The Hall–Kier alpha value is -5.06. The number of nitrogens with one attached hydrogen (secondary N) is 3. The molecule has 1 fully saturated rings. The molecular formula is C35H40BN5O9S. The molecule has 4 heterocycles. The zero-order chi connectivity index (χ0) is 37.5. The van der Waals surface area contributed by atoms with Crippen molar-refractivity contribution >= 4 is 39.1 Å². The average Bonchev–Trinajstić information content (AvgIpc) is 3.26. The molecule has 6 rings (SSSR count). The minimum atomic E-state index is -3.50. The van der Waals surface area contributed by atoms with Crippen LogP contribution in [0.3, 0.4) is 0 Å². The number of ether oxygens (including phenoxy) is 1. The first-order valence-electron chi connectivity index (χ1n) is 15.9. The van der Waals surface area contributed by atoms with Gasteiger partial charge in [-0.3, -0.25) is 14.3 Å². The molecule has 0 atom stereocenters. The summed E-state index contributed by atoms with van der Waals surface area (Å²) in [4.78, 5) is 37.0. The molecule has 2 aromatic carbocycles. The van der Waals surface area contributed by atoms with E-state index in [2.05, 4.69) is 25.1 Å². The Morgan fingerprint density at radius 2 is 1.47 bits per heavy atom. The zero-order valence-electron chi connectivity index (χ0n) is 29.8. The van der Waals surface area contributed by atoms with E-state index >= 15 is 0 Å². The van der Waals surface area contributed by atoms with Gasteiger partial charge in [0.15, 0.2) is 0 Å². The van der Waals surface area contributed by atoms with E-state index < -0.39 is 34.0 Å². The van der Waals surface area contributed by atoms with Crippen molar-refractivity contribution in [2.75, 3.05) is 18.1 Å². The molecule has 268 valence electrons. The van der Waals surface area contributed by atoms with Crippen LogP contribution in [0.4, 0.5) is 5.69 Å². The Bertz CT molecular complexity index is 2380. The number of benzene rings is 2.